The molecule has 0 heterocycles. The second kappa shape index (κ2) is 7.65. The number of carbonyl (C=O) groups excluding carboxylic acids is 1. The number of esters is 1. The Hall–Kier alpha value is -0.610. The van der Waals surface area contributed by atoms with Crippen molar-refractivity contribution >= 4 is 5.97 Å². The van der Waals surface area contributed by atoms with Crippen molar-refractivity contribution < 1.29 is 9.53 Å². The molecule has 0 aromatic heterocycles. The molecule has 0 spiro atoms. The van der Waals surface area contributed by atoms with Gasteiger partial charge in [0.1, 0.15) is 6.04 Å². The average Bonchev–Trinajstić information content (AvgIpc) is 2.24. The van der Waals surface area contributed by atoms with Crippen LogP contribution in [-0.2, 0) is 9.53 Å². The van der Waals surface area contributed by atoms with Gasteiger partial charge in [0.25, 0.3) is 0 Å². The van der Waals surface area contributed by atoms with Crippen molar-refractivity contribution in [3.05, 3.63) is 0 Å². The molecule has 0 aromatic carbocycles. The van der Waals surface area contributed by atoms with E-state index in [4.69, 9.17) is 4.74 Å². The van der Waals surface area contributed by atoms with Crippen LogP contribution in [0.5, 0.6) is 0 Å². The van der Waals surface area contributed by atoms with Crippen molar-refractivity contribution in [1.29, 1.82) is 0 Å². The largest absolute Gasteiger partial charge is 0.468 e. The van der Waals surface area contributed by atoms with Crippen LogP contribution in [0.25, 0.3) is 0 Å². The molecule has 2 unspecified atom stereocenters. The Morgan fingerprint density at radius 2 is 2.07 bits per heavy atom. The lowest BCUT2D eigenvalue weighted by Crippen LogP contribution is -2.44. The summed E-state index contributed by atoms with van der Waals surface area (Å²) in [5.74, 6) is 0.457. The van der Waals surface area contributed by atoms with E-state index in [1.54, 1.807) is 7.05 Å². The minimum atomic E-state index is -0.232. The Labute approximate surface area is 93.0 Å². The third-order valence-corrected chi connectivity index (χ3v) is 2.65. The Morgan fingerprint density at radius 1 is 1.47 bits per heavy atom. The van der Waals surface area contributed by atoms with Crippen LogP contribution in [-0.4, -0.2) is 51.2 Å². The van der Waals surface area contributed by atoms with Crippen molar-refractivity contribution in [3.63, 3.8) is 0 Å². The summed E-state index contributed by atoms with van der Waals surface area (Å²) >= 11 is 0. The van der Waals surface area contributed by atoms with Crippen LogP contribution in [0.4, 0.5) is 0 Å². The Morgan fingerprint density at radius 3 is 2.47 bits per heavy atom. The molecule has 0 fully saturated rings. The lowest BCUT2D eigenvalue weighted by atomic mass is 10.1. The molecule has 0 bridgehead atoms. The standard InChI is InChI=1S/C11H24N2O2/c1-6-9(2)7-13(4)8-10(12-3)11(14)15-5/h9-10,12H,6-8H2,1-5H3. The minimum absolute atomic E-state index is 0.200. The fourth-order valence-corrected chi connectivity index (χ4v) is 1.47. The lowest BCUT2D eigenvalue weighted by Gasteiger charge is -2.24. The van der Waals surface area contributed by atoms with Gasteiger partial charge in [-0.2, -0.15) is 0 Å². The van der Waals surface area contributed by atoms with Gasteiger partial charge >= 0.3 is 5.97 Å². The fourth-order valence-electron chi connectivity index (χ4n) is 1.47. The van der Waals surface area contributed by atoms with Crippen LogP contribution in [0.1, 0.15) is 20.3 Å². The number of carbonyl (C=O) groups is 1. The van der Waals surface area contributed by atoms with Crippen LogP contribution >= 0.6 is 0 Å². The molecule has 0 saturated carbocycles. The van der Waals surface area contributed by atoms with Gasteiger partial charge in [-0.1, -0.05) is 20.3 Å². The van der Waals surface area contributed by atoms with E-state index in [-0.39, 0.29) is 12.0 Å². The Kier molecular flexibility index (Phi) is 7.34. The summed E-state index contributed by atoms with van der Waals surface area (Å²) in [6.45, 7) is 6.08. The predicted octanol–water partition coefficient (Wildman–Crippen LogP) is 0.725. The molecule has 0 aliphatic carbocycles. The first-order valence-corrected chi connectivity index (χ1v) is 5.48. The maximum atomic E-state index is 11.3. The van der Waals surface area contributed by atoms with Crippen LogP contribution in [0, 0.1) is 5.92 Å². The maximum Gasteiger partial charge on any atom is 0.324 e. The molecule has 90 valence electrons. The Balaban J connectivity index is 4.01. The van der Waals surface area contributed by atoms with Crippen LogP contribution in [0.2, 0.25) is 0 Å². The number of methoxy groups -OCH3 is 1. The van der Waals surface area contributed by atoms with Crippen molar-refractivity contribution in [2.45, 2.75) is 26.3 Å². The molecular formula is C11H24N2O2. The van der Waals surface area contributed by atoms with E-state index in [2.05, 4.69) is 24.1 Å². The first-order valence-electron chi connectivity index (χ1n) is 5.48. The van der Waals surface area contributed by atoms with Gasteiger partial charge in [0.2, 0.25) is 0 Å². The zero-order valence-electron chi connectivity index (χ0n) is 10.5. The highest BCUT2D eigenvalue weighted by atomic mass is 16.5. The topological polar surface area (TPSA) is 41.6 Å². The molecule has 0 saturated heterocycles. The molecule has 0 aliphatic heterocycles. The highest BCUT2D eigenvalue weighted by Gasteiger charge is 2.19. The highest BCUT2D eigenvalue weighted by molar-refractivity contribution is 5.75. The first kappa shape index (κ1) is 14.4. The number of nitrogens with one attached hydrogen (secondary N) is 1. The molecule has 4 nitrogen and oxygen atoms in total. The number of likely N-dealkylation sites (N-methyl/N-ethyl adjacent to an activating group) is 2. The van der Waals surface area contributed by atoms with Gasteiger partial charge in [0, 0.05) is 13.1 Å². The third-order valence-electron chi connectivity index (χ3n) is 2.65. The van der Waals surface area contributed by atoms with E-state index in [0.29, 0.717) is 12.5 Å². The van der Waals surface area contributed by atoms with Crippen LogP contribution in [0.3, 0.4) is 0 Å². The molecular weight excluding hydrogens is 192 g/mol. The lowest BCUT2D eigenvalue weighted by molar-refractivity contribution is -0.143. The summed E-state index contributed by atoms with van der Waals surface area (Å²) < 4.78 is 4.71. The number of rotatable bonds is 7. The van der Waals surface area contributed by atoms with Gasteiger partial charge in [-0.05, 0) is 20.0 Å². The average molecular weight is 216 g/mol. The summed E-state index contributed by atoms with van der Waals surface area (Å²) in [5.41, 5.74) is 0. The molecule has 0 radical (unpaired) electrons. The van der Waals surface area contributed by atoms with Gasteiger partial charge in [-0.15, -0.1) is 0 Å². The highest BCUT2D eigenvalue weighted by Crippen LogP contribution is 2.03. The maximum absolute atomic E-state index is 11.3. The van der Waals surface area contributed by atoms with Crippen molar-refractivity contribution in [2.24, 2.45) is 5.92 Å². The summed E-state index contributed by atoms with van der Waals surface area (Å²) in [7, 11) is 5.22. The van der Waals surface area contributed by atoms with Gasteiger partial charge in [-0.25, -0.2) is 0 Å². The summed E-state index contributed by atoms with van der Waals surface area (Å²) in [4.78, 5) is 13.5. The van der Waals surface area contributed by atoms with Crippen molar-refractivity contribution in [1.82, 2.24) is 10.2 Å². The van der Waals surface area contributed by atoms with Gasteiger partial charge in [0.05, 0.1) is 7.11 Å². The van der Waals surface area contributed by atoms with E-state index in [0.717, 1.165) is 13.0 Å². The third kappa shape index (κ3) is 5.74. The van der Waals surface area contributed by atoms with E-state index in [1.165, 1.54) is 7.11 Å². The number of hydrogen-bond acceptors (Lipinski definition) is 4. The summed E-state index contributed by atoms with van der Waals surface area (Å²) in [6, 6.07) is -0.232. The first-order chi connectivity index (χ1) is 7.04. The summed E-state index contributed by atoms with van der Waals surface area (Å²) in [5, 5.41) is 2.96. The molecule has 0 rings (SSSR count). The molecule has 1 N–H and O–H groups in total. The molecule has 4 heteroatoms. The van der Waals surface area contributed by atoms with Crippen molar-refractivity contribution in [3.8, 4) is 0 Å². The van der Waals surface area contributed by atoms with E-state index in [9.17, 15) is 4.79 Å². The van der Waals surface area contributed by atoms with E-state index in [1.807, 2.05) is 7.05 Å². The molecule has 0 aliphatic rings. The van der Waals surface area contributed by atoms with Gasteiger partial charge < -0.3 is 15.0 Å². The Bertz CT molecular complexity index is 185. The number of nitrogens with zero attached hydrogens (tertiary/aromatic N) is 1. The van der Waals surface area contributed by atoms with Crippen LogP contribution in [0.15, 0.2) is 0 Å². The molecule has 0 aromatic rings. The fraction of sp³-hybridized carbons (Fsp3) is 0.909. The minimum Gasteiger partial charge on any atom is -0.468 e. The quantitative estimate of drug-likeness (QED) is 0.637. The normalized spacial score (nSPS) is 15.1. The predicted molar refractivity (Wildman–Crippen MR) is 61.8 cm³/mol. The second-order valence-electron chi connectivity index (χ2n) is 4.10. The zero-order valence-corrected chi connectivity index (χ0v) is 10.5. The van der Waals surface area contributed by atoms with Crippen LogP contribution < -0.4 is 5.32 Å². The van der Waals surface area contributed by atoms with E-state index >= 15 is 0 Å². The van der Waals surface area contributed by atoms with Crippen molar-refractivity contribution in [2.75, 3.05) is 34.3 Å². The SMILES string of the molecule is CCC(C)CN(C)CC(NC)C(=O)OC. The smallest absolute Gasteiger partial charge is 0.324 e. The summed E-state index contributed by atoms with van der Waals surface area (Å²) in [6.07, 6.45) is 1.16. The second-order valence-corrected chi connectivity index (χ2v) is 4.10. The number of ether oxygens (including phenoxy) is 1. The zero-order chi connectivity index (χ0) is 11.8. The number of hydrogen-bond donors (Lipinski definition) is 1. The monoisotopic (exact) mass is 216 g/mol. The van der Waals surface area contributed by atoms with E-state index < -0.39 is 0 Å². The molecule has 15 heavy (non-hydrogen) atoms. The molecule has 2 atom stereocenters. The van der Waals surface area contributed by atoms with Gasteiger partial charge in [0.15, 0.2) is 0 Å². The van der Waals surface area contributed by atoms with Gasteiger partial charge in [-0.3, -0.25) is 4.79 Å². The molecule has 0 amide bonds.